The van der Waals surface area contributed by atoms with Crippen molar-refractivity contribution < 1.29 is 20.1 Å². The summed E-state index contributed by atoms with van der Waals surface area (Å²) in [7, 11) is 1.32. The maximum atomic E-state index is 11.4. The number of carbonyl (C=O) groups is 2. The van der Waals surface area contributed by atoms with Crippen LogP contribution in [-0.2, 0) is 11.1 Å². The van der Waals surface area contributed by atoms with Crippen LogP contribution < -0.4 is 0 Å². The Hall–Kier alpha value is -2.36. The average molecular weight is 273 g/mol. The molecule has 2 rings (SSSR count). The highest BCUT2D eigenvalue weighted by Crippen LogP contribution is 2.18. The molecular formula is C16H16O4. The molecule has 0 saturated heterocycles. The number of rotatable bonds is 4. The monoisotopic (exact) mass is 273 g/mol. The Kier molecular flexibility index (Phi) is 3.63. The molecule has 0 saturated carbocycles. The molecule has 0 spiro atoms. The number of methoxy groups -OCH3 is 1. The van der Waals surface area contributed by atoms with Crippen molar-refractivity contribution in [2.75, 3.05) is 7.11 Å². The number of hydrogen-bond donors (Lipinski definition) is 0. The van der Waals surface area contributed by atoms with Crippen molar-refractivity contribution >= 4 is 11.8 Å². The highest BCUT2D eigenvalue weighted by Gasteiger charge is 2.12. The summed E-state index contributed by atoms with van der Waals surface area (Å²) in [5.41, 5.74) is 1.59. The predicted octanol–water partition coefficient (Wildman–Crippen LogP) is 3.17. The van der Waals surface area contributed by atoms with Crippen LogP contribution in [0.1, 0.15) is 46.1 Å². The Morgan fingerprint density at radius 2 is 1.95 bits per heavy atom. The van der Waals surface area contributed by atoms with Crippen molar-refractivity contribution in [2.24, 2.45) is 0 Å². The third-order valence-corrected chi connectivity index (χ3v) is 2.96. The SMILES string of the molecule is [2H]C(c1ccc(C(=O)OC)cc1)c1cc(C(C)=O)c(C)o1. The van der Waals surface area contributed by atoms with Crippen molar-refractivity contribution in [3.8, 4) is 0 Å². The molecule has 1 aromatic carbocycles. The summed E-state index contributed by atoms with van der Waals surface area (Å²) in [6.07, 6.45) is -0.747. The molecule has 0 fully saturated rings. The van der Waals surface area contributed by atoms with Gasteiger partial charge in [0.15, 0.2) is 5.78 Å². The number of benzene rings is 1. The fourth-order valence-electron chi connectivity index (χ4n) is 1.92. The summed E-state index contributed by atoms with van der Waals surface area (Å²) in [6, 6.07) is 8.16. The van der Waals surface area contributed by atoms with Crippen molar-refractivity contribution in [3.05, 3.63) is 58.5 Å². The largest absolute Gasteiger partial charge is 0.465 e. The Morgan fingerprint density at radius 3 is 2.45 bits per heavy atom. The zero-order valence-electron chi connectivity index (χ0n) is 12.6. The van der Waals surface area contributed by atoms with E-state index in [0.717, 1.165) is 0 Å². The summed E-state index contributed by atoms with van der Waals surface area (Å²) >= 11 is 0. The molecule has 4 nitrogen and oxygen atoms in total. The molecule has 0 aliphatic carbocycles. The summed E-state index contributed by atoms with van der Waals surface area (Å²) < 4.78 is 18.3. The van der Waals surface area contributed by atoms with Gasteiger partial charge in [-0.05, 0) is 37.6 Å². The minimum absolute atomic E-state index is 0.0873. The van der Waals surface area contributed by atoms with E-state index in [9.17, 15) is 9.59 Å². The van der Waals surface area contributed by atoms with E-state index in [1.54, 1.807) is 37.3 Å². The number of Topliss-reactive ketones (excluding diaryl/α,β-unsaturated/α-hetero) is 1. The Labute approximate surface area is 118 Å². The lowest BCUT2D eigenvalue weighted by Crippen LogP contribution is -2.00. The van der Waals surface area contributed by atoms with Crippen molar-refractivity contribution in [3.63, 3.8) is 0 Å². The second-order valence-corrected chi connectivity index (χ2v) is 4.43. The highest BCUT2D eigenvalue weighted by molar-refractivity contribution is 5.95. The fraction of sp³-hybridized carbons (Fsp3) is 0.250. The van der Waals surface area contributed by atoms with Crippen molar-refractivity contribution in [2.45, 2.75) is 20.2 Å². The Morgan fingerprint density at radius 1 is 1.30 bits per heavy atom. The molecule has 1 aromatic heterocycles. The Balaban J connectivity index is 2.27. The van der Waals surface area contributed by atoms with Crippen molar-refractivity contribution in [1.29, 1.82) is 0 Å². The van der Waals surface area contributed by atoms with Crippen LogP contribution in [0, 0.1) is 6.92 Å². The molecule has 20 heavy (non-hydrogen) atoms. The van der Waals surface area contributed by atoms with Crippen LogP contribution in [0.5, 0.6) is 0 Å². The first-order valence-electron chi connectivity index (χ1n) is 6.73. The minimum atomic E-state index is -0.747. The molecule has 0 aliphatic heterocycles. The summed E-state index contributed by atoms with van der Waals surface area (Å²) in [5, 5.41) is 0. The average Bonchev–Trinajstić information content (AvgIpc) is 2.88. The first-order valence-corrected chi connectivity index (χ1v) is 6.15. The molecular weight excluding hydrogens is 256 g/mol. The lowest BCUT2D eigenvalue weighted by atomic mass is 10.1. The predicted molar refractivity (Wildman–Crippen MR) is 74.0 cm³/mol. The zero-order chi connectivity index (χ0) is 15.6. The first-order chi connectivity index (χ1) is 9.93. The van der Waals surface area contributed by atoms with Crippen LogP contribution >= 0.6 is 0 Å². The first kappa shape index (κ1) is 12.7. The van der Waals surface area contributed by atoms with Crippen LogP contribution in [0.2, 0.25) is 0 Å². The fourth-order valence-corrected chi connectivity index (χ4v) is 1.92. The molecule has 4 heteroatoms. The van der Waals surface area contributed by atoms with E-state index in [0.29, 0.717) is 28.2 Å². The molecule has 0 aliphatic rings. The molecule has 104 valence electrons. The van der Waals surface area contributed by atoms with Gasteiger partial charge in [-0.3, -0.25) is 4.79 Å². The summed E-state index contributed by atoms with van der Waals surface area (Å²) in [5.74, 6) is 0.413. The normalized spacial score (nSPS) is 12.7. The molecule has 2 aromatic rings. The Bertz CT molecular complexity index is 670. The number of hydrogen-bond acceptors (Lipinski definition) is 4. The molecule has 0 amide bonds. The van der Waals surface area contributed by atoms with Gasteiger partial charge in [-0.15, -0.1) is 0 Å². The van der Waals surface area contributed by atoms with Crippen LogP contribution in [0.3, 0.4) is 0 Å². The van der Waals surface area contributed by atoms with Gasteiger partial charge in [-0.2, -0.15) is 0 Å². The lowest BCUT2D eigenvalue weighted by Gasteiger charge is -2.01. The third kappa shape index (κ3) is 2.96. The lowest BCUT2D eigenvalue weighted by molar-refractivity contribution is 0.0600. The maximum Gasteiger partial charge on any atom is 0.337 e. The molecule has 0 N–H and O–H groups in total. The summed E-state index contributed by atoms with van der Waals surface area (Å²) in [6.45, 7) is 3.17. The smallest absolute Gasteiger partial charge is 0.337 e. The highest BCUT2D eigenvalue weighted by atomic mass is 16.5. The molecule has 1 atom stereocenters. The maximum absolute atomic E-state index is 11.4. The number of ether oxygens (including phenoxy) is 1. The van der Waals surface area contributed by atoms with Crippen LogP contribution in [0.4, 0.5) is 0 Å². The van der Waals surface area contributed by atoms with Gasteiger partial charge in [0.1, 0.15) is 11.5 Å². The third-order valence-electron chi connectivity index (χ3n) is 2.96. The van der Waals surface area contributed by atoms with E-state index in [2.05, 4.69) is 4.74 Å². The van der Waals surface area contributed by atoms with E-state index < -0.39 is 12.4 Å². The number of aryl methyl sites for hydroxylation is 1. The molecule has 0 bridgehead atoms. The van der Waals surface area contributed by atoms with Crippen LogP contribution in [0.15, 0.2) is 34.7 Å². The minimum Gasteiger partial charge on any atom is -0.465 e. The van der Waals surface area contributed by atoms with E-state index in [1.807, 2.05) is 0 Å². The number of esters is 1. The van der Waals surface area contributed by atoms with Crippen LogP contribution in [0.25, 0.3) is 0 Å². The standard InChI is InChI=1S/C16H16O4/c1-10(17)15-9-14(20-11(15)2)8-12-4-6-13(7-5-12)16(18)19-3/h4-7,9H,8H2,1-3H3/i8D. The van der Waals surface area contributed by atoms with Gasteiger partial charge in [0, 0.05) is 7.77 Å². The van der Waals surface area contributed by atoms with Crippen molar-refractivity contribution in [1.82, 2.24) is 0 Å². The second kappa shape index (κ2) is 5.74. The zero-order valence-corrected chi connectivity index (χ0v) is 11.6. The van der Waals surface area contributed by atoms with E-state index in [1.165, 1.54) is 14.0 Å². The second-order valence-electron chi connectivity index (χ2n) is 4.43. The molecule has 0 radical (unpaired) electrons. The van der Waals surface area contributed by atoms with Gasteiger partial charge in [0.2, 0.25) is 0 Å². The van der Waals surface area contributed by atoms with Gasteiger partial charge in [-0.1, -0.05) is 12.1 Å². The van der Waals surface area contributed by atoms with Gasteiger partial charge < -0.3 is 9.15 Å². The quantitative estimate of drug-likeness (QED) is 0.634. The van der Waals surface area contributed by atoms with E-state index in [4.69, 9.17) is 5.79 Å². The molecule has 1 heterocycles. The van der Waals surface area contributed by atoms with Gasteiger partial charge in [0.05, 0.1) is 18.2 Å². The van der Waals surface area contributed by atoms with E-state index >= 15 is 0 Å². The van der Waals surface area contributed by atoms with Gasteiger partial charge >= 0.3 is 5.97 Å². The number of furan rings is 1. The van der Waals surface area contributed by atoms with Gasteiger partial charge in [-0.25, -0.2) is 4.79 Å². The summed E-state index contributed by atoms with van der Waals surface area (Å²) in [4.78, 5) is 22.8. The topological polar surface area (TPSA) is 56.5 Å². The number of ketones is 1. The van der Waals surface area contributed by atoms with Gasteiger partial charge in [0.25, 0.3) is 0 Å². The number of carbonyl (C=O) groups excluding carboxylic acids is 2. The van der Waals surface area contributed by atoms with Crippen LogP contribution in [-0.4, -0.2) is 18.9 Å². The van der Waals surface area contributed by atoms with E-state index in [-0.39, 0.29) is 5.78 Å². The molecule has 1 unspecified atom stereocenters.